The van der Waals surface area contributed by atoms with Gasteiger partial charge in [0.1, 0.15) is 0 Å². The molecule has 8 nitrogen and oxygen atoms in total. The number of hydrogen-bond donors (Lipinski definition) is 3. The first-order chi connectivity index (χ1) is 8.92. The molecule has 0 bridgehead atoms. The Morgan fingerprint density at radius 1 is 1.58 bits per heavy atom. The normalized spacial score (nSPS) is 13.8. The zero-order chi connectivity index (χ0) is 14.5. The molecular weight excluding hydrogens is 250 g/mol. The van der Waals surface area contributed by atoms with Crippen LogP contribution in [-0.2, 0) is 11.3 Å². The van der Waals surface area contributed by atoms with Gasteiger partial charge in [-0.15, -0.1) is 5.10 Å². The highest BCUT2D eigenvalue weighted by atomic mass is 16.4. The summed E-state index contributed by atoms with van der Waals surface area (Å²) in [7, 11) is 0. The highest BCUT2D eigenvalue weighted by Crippen LogP contribution is 2.19. The van der Waals surface area contributed by atoms with Gasteiger partial charge in [0.15, 0.2) is 5.69 Å². The number of nitrogens with one attached hydrogen (secondary N) is 1. The van der Waals surface area contributed by atoms with Crippen molar-refractivity contribution < 1.29 is 14.7 Å². The molecule has 106 valence electrons. The number of carbonyl (C=O) groups excluding carboxylic acids is 1. The third kappa shape index (κ3) is 3.75. The van der Waals surface area contributed by atoms with Gasteiger partial charge in [-0.3, -0.25) is 14.3 Å². The molecule has 4 N–H and O–H groups in total. The summed E-state index contributed by atoms with van der Waals surface area (Å²) in [5.41, 5.74) is 4.53. The van der Waals surface area contributed by atoms with Crippen LogP contribution >= 0.6 is 0 Å². The van der Waals surface area contributed by atoms with Crippen LogP contribution in [0, 0.1) is 5.41 Å². The van der Waals surface area contributed by atoms with E-state index in [0.717, 1.165) is 0 Å². The van der Waals surface area contributed by atoms with E-state index < -0.39 is 17.3 Å². The van der Waals surface area contributed by atoms with Crippen molar-refractivity contribution in [3.8, 4) is 0 Å². The largest absolute Gasteiger partial charge is 0.481 e. The van der Waals surface area contributed by atoms with Crippen LogP contribution in [-0.4, -0.2) is 45.1 Å². The molecule has 1 aromatic rings. The number of carbonyl (C=O) groups is 2. The van der Waals surface area contributed by atoms with E-state index in [1.807, 2.05) is 0 Å². The number of nitrogens with zero attached hydrogens (tertiary/aromatic N) is 3. The molecule has 0 aromatic carbocycles. The predicted molar refractivity (Wildman–Crippen MR) is 67.4 cm³/mol. The molecule has 0 aliphatic heterocycles. The minimum atomic E-state index is -0.983. The average molecular weight is 269 g/mol. The van der Waals surface area contributed by atoms with Crippen molar-refractivity contribution in [2.24, 2.45) is 11.1 Å². The Balaban J connectivity index is 2.61. The first-order valence-corrected chi connectivity index (χ1v) is 6.04. The fraction of sp³-hybridized carbons (Fsp3) is 0.636. The molecule has 0 aliphatic carbocycles. The quantitative estimate of drug-likeness (QED) is 0.611. The Morgan fingerprint density at radius 3 is 2.79 bits per heavy atom. The molecule has 0 aliphatic rings. The Bertz CT molecular complexity index is 459. The van der Waals surface area contributed by atoms with Crippen LogP contribution in [0.15, 0.2) is 6.20 Å². The van der Waals surface area contributed by atoms with Crippen LogP contribution in [0.25, 0.3) is 0 Å². The number of carboxylic acid groups (broad SMARTS) is 1. The molecule has 0 saturated carbocycles. The lowest BCUT2D eigenvalue weighted by Gasteiger charge is -2.22. The standard InChI is InChI=1S/C11H19N5O3/c1-3-11(2,10(18)19)7-13-9(17)8-6-16(5-4-12)15-14-8/h6H,3-5,7,12H2,1-2H3,(H,13,17)(H,18,19). The van der Waals surface area contributed by atoms with Gasteiger partial charge in [0.05, 0.1) is 18.2 Å². The van der Waals surface area contributed by atoms with E-state index in [9.17, 15) is 9.59 Å². The predicted octanol–water partition coefficient (Wildman–Crippen LogP) is -0.532. The van der Waals surface area contributed by atoms with Gasteiger partial charge in [0, 0.05) is 13.1 Å². The zero-order valence-corrected chi connectivity index (χ0v) is 11.1. The number of hydrogen-bond acceptors (Lipinski definition) is 5. The number of nitrogens with two attached hydrogens (primary N) is 1. The van der Waals surface area contributed by atoms with Gasteiger partial charge in [-0.25, -0.2) is 0 Å². The molecule has 1 unspecified atom stereocenters. The second kappa shape index (κ2) is 6.28. The number of rotatable bonds is 7. The van der Waals surface area contributed by atoms with Gasteiger partial charge >= 0.3 is 5.97 Å². The monoisotopic (exact) mass is 269 g/mol. The van der Waals surface area contributed by atoms with Crippen LogP contribution in [0.1, 0.15) is 30.8 Å². The topological polar surface area (TPSA) is 123 Å². The van der Waals surface area contributed by atoms with Crippen LogP contribution < -0.4 is 11.1 Å². The summed E-state index contributed by atoms with van der Waals surface area (Å²) in [6.07, 6.45) is 1.90. The summed E-state index contributed by atoms with van der Waals surface area (Å²) >= 11 is 0. The van der Waals surface area contributed by atoms with Crippen LogP contribution in [0.2, 0.25) is 0 Å². The fourth-order valence-electron chi connectivity index (χ4n) is 1.36. The van der Waals surface area contributed by atoms with Gasteiger partial charge in [-0.1, -0.05) is 12.1 Å². The van der Waals surface area contributed by atoms with E-state index in [-0.39, 0.29) is 12.2 Å². The lowest BCUT2D eigenvalue weighted by atomic mass is 9.88. The lowest BCUT2D eigenvalue weighted by Crippen LogP contribution is -2.40. The number of carboxylic acids is 1. The van der Waals surface area contributed by atoms with E-state index in [4.69, 9.17) is 10.8 Å². The van der Waals surface area contributed by atoms with E-state index in [2.05, 4.69) is 15.6 Å². The molecule has 1 atom stereocenters. The molecular formula is C11H19N5O3. The van der Waals surface area contributed by atoms with Crippen molar-refractivity contribution >= 4 is 11.9 Å². The maximum absolute atomic E-state index is 11.8. The second-order valence-corrected chi connectivity index (χ2v) is 4.56. The molecule has 0 fully saturated rings. The molecule has 1 heterocycles. The highest BCUT2D eigenvalue weighted by molar-refractivity contribution is 5.92. The minimum absolute atomic E-state index is 0.0431. The van der Waals surface area contributed by atoms with Crippen LogP contribution in [0.3, 0.4) is 0 Å². The van der Waals surface area contributed by atoms with Crippen molar-refractivity contribution in [2.45, 2.75) is 26.8 Å². The summed E-state index contributed by atoms with van der Waals surface area (Å²) in [4.78, 5) is 22.9. The van der Waals surface area contributed by atoms with Gasteiger partial charge in [0.2, 0.25) is 0 Å². The summed E-state index contributed by atoms with van der Waals surface area (Å²) < 4.78 is 1.46. The van der Waals surface area contributed by atoms with Gasteiger partial charge in [-0.05, 0) is 13.3 Å². The molecule has 19 heavy (non-hydrogen) atoms. The summed E-state index contributed by atoms with van der Waals surface area (Å²) in [5.74, 6) is -1.38. The highest BCUT2D eigenvalue weighted by Gasteiger charge is 2.31. The minimum Gasteiger partial charge on any atom is -0.481 e. The second-order valence-electron chi connectivity index (χ2n) is 4.56. The number of amides is 1. The lowest BCUT2D eigenvalue weighted by molar-refractivity contribution is -0.147. The third-order valence-corrected chi connectivity index (χ3v) is 3.07. The van der Waals surface area contributed by atoms with Crippen molar-refractivity contribution in [1.82, 2.24) is 20.3 Å². The number of aliphatic carboxylic acids is 1. The first kappa shape index (κ1) is 15.1. The summed E-state index contributed by atoms with van der Waals surface area (Å²) in [6, 6.07) is 0. The Labute approximate surface area is 111 Å². The van der Waals surface area contributed by atoms with E-state index in [0.29, 0.717) is 19.5 Å². The molecule has 0 spiro atoms. The Morgan fingerprint density at radius 2 is 2.26 bits per heavy atom. The smallest absolute Gasteiger partial charge is 0.311 e. The molecule has 1 aromatic heterocycles. The Kier molecular flexibility index (Phi) is 4.99. The SMILES string of the molecule is CCC(C)(CNC(=O)c1cn(CCN)nn1)C(=O)O. The van der Waals surface area contributed by atoms with E-state index >= 15 is 0 Å². The maximum atomic E-state index is 11.8. The van der Waals surface area contributed by atoms with Crippen LogP contribution in [0.5, 0.6) is 0 Å². The van der Waals surface area contributed by atoms with Gasteiger partial charge in [0.25, 0.3) is 5.91 Å². The maximum Gasteiger partial charge on any atom is 0.311 e. The van der Waals surface area contributed by atoms with Gasteiger partial charge < -0.3 is 16.2 Å². The molecule has 8 heteroatoms. The zero-order valence-electron chi connectivity index (χ0n) is 11.1. The Hall–Kier alpha value is -1.96. The van der Waals surface area contributed by atoms with Crippen LogP contribution in [0.4, 0.5) is 0 Å². The molecule has 1 amide bonds. The van der Waals surface area contributed by atoms with Gasteiger partial charge in [-0.2, -0.15) is 0 Å². The number of aromatic nitrogens is 3. The summed E-state index contributed by atoms with van der Waals surface area (Å²) in [6.45, 7) is 4.26. The van der Waals surface area contributed by atoms with E-state index in [1.165, 1.54) is 10.9 Å². The summed E-state index contributed by atoms with van der Waals surface area (Å²) in [5, 5.41) is 19.1. The van der Waals surface area contributed by atoms with Crippen molar-refractivity contribution in [3.63, 3.8) is 0 Å². The average Bonchev–Trinajstić information content (AvgIpc) is 2.84. The molecule has 0 saturated heterocycles. The molecule has 1 rings (SSSR count). The third-order valence-electron chi connectivity index (χ3n) is 3.07. The van der Waals surface area contributed by atoms with E-state index in [1.54, 1.807) is 13.8 Å². The van der Waals surface area contributed by atoms with Crippen molar-refractivity contribution in [2.75, 3.05) is 13.1 Å². The van der Waals surface area contributed by atoms with Crippen molar-refractivity contribution in [3.05, 3.63) is 11.9 Å². The first-order valence-electron chi connectivity index (χ1n) is 6.04. The fourth-order valence-corrected chi connectivity index (χ4v) is 1.36. The van der Waals surface area contributed by atoms with Crippen molar-refractivity contribution in [1.29, 1.82) is 0 Å². The molecule has 0 radical (unpaired) electrons.